The molecule has 1 aromatic heterocycles. The first kappa shape index (κ1) is 17.8. The van der Waals surface area contributed by atoms with Gasteiger partial charge in [0.25, 0.3) is 0 Å². The van der Waals surface area contributed by atoms with E-state index in [1.54, 1.807) is 30.1 Å². The molecule has 0 radical (unpaired) electrons. The van der Waals surface area contributed by atoms with E-state index in [4.69, 9.17) is 14.2 Å². The van der Waals surface area contributed by atoms with Crippen LogP contribution in [0.5, 0.6) is 17.2 Å². The van der Waals surface area contributed by atoms with Crippen LogP contribution in [0.2, 0.25) is 0 Å². The number of amides is 1. The van der Waals surface area contributed by atoms with Gasteiger partial charge in [0.2, 0.25) is 11.7 Å². The average molecular weight is 357 g/mol. The molecule has 2 aromatic rings. The Hall–Kier alpha value is -2.96. The summed E-state index contributed by atoms with van der Waals surface area (Å²) in [6.45, 7) is 3.88. The van der Waals surface area contributed by atoms with Crippen molar-refractivity contribution in [3.63, 3.8) is 0 Å². The molecule has 0 saturated carbocycles. The molecule has 0 saturated heterocycles. The maximum absolute atomic E-state index is 12.2. The van der Waals surface area contributed by atoms with Gasteiger partial charge in [-0.1, -0.05) is 13.3 Å². The topological polar surface area (TPSA) is 74.6 Å². The van der Waals surface area contributed by atoms with Crippen molar-refractivity contribution in [2.24, 2.45) is 0 Å². The fraction of sp³-hybridized carbons (Fsp3) is 0.368. The zero-order valence-electron chi connectivity index (χ0n) is 15.0. The van der Waals surface area contributed by atoms with Gasteiger partial charge < -0.3 is 19.5 Å². The number of benzene rings is 1. The first-order valence-electron chi connectivity index (χ1n) is 8.69. The van der Waals surface area contributed by atoms with Crippen LogP contribution in [0.15, 0.2) is 30.5 Å². The maximum Gasteiger partial charge on any atom is 0.249 e. The van der Waals surface area contributed by atoms with Crippen LogP contribution >= 0.6 is 0 Å². The Morgan fingerprint density at radius 2 is 2.23 bits per heavy atom. The molecule has 1 aliphatic heterocycles. The molecule has 7 heteroatoms. The van der Waals surface area contributed by atoms with Gasteiger partial charge in [-0.2, -0.15) is 5.10 Å². The lowest BCUT2D eigenvalue weighted by atomic mass is 10.1. The van der Waals surface area contributed by atoms with Gasteiger partial charge in [-0.3, -0.25) is 4.79 Å². The van der Waals surface area contributed by atoms with Gasteiger partial charge in [0.1, 0.15) is 19.0 Å². The predicted octanol–water partition coefficient (Wildman–Crippen LogP) is 3.11. The van der Waals surface area contributed by atoms with Crippen molar-refractivity contribution >= 4 is 17.8 Å². The Labute approximate surface area is 152 Å². The minimum Gasteiger partial charge on any atom is -0.493 e. The lowest BCUT2D eigenvalue weighted by Crippen LogP contribution is -2.16. The molecule has 1 aliphatic rings. The van der Waals surface area contributed by atoms with Crippen LogP contribution in [-0.4, -0.2) is 36.0 Å². The Balaban J connectivity index is 1.70. The fourth-order valence-corrected chi connectivity index (χ4v) is 2.65. The van der Waals surface area contributed by atoms with Crippen LogP contribution in [0, 0.1) is 0 Å². The number of fused-ring (bicyclic) bond motifs is 1. The number of hydrogen-bond donors (Lipinski definition) is 1. The quantitative estimate of drug-likeness (QED) is 0.771. The van der Waals surface area contributed by atoms with Crippen molar-refractivity contribution in [3.05, 3.63) is 36.0 Å². The number of hydrogen-bond acceptors (Lipinski definition) is 5. The minimum absolute atomic E-state index is 0.225. The van der Waals surface area contributed by atoms with Gasteiger partial charge in [0.15, 0.2) is 11.5 Å². The summed E-state index contributed by atoms with van der Waals surface area (Å²) in [6.07, 6.45) is 6.95. The number of aromatic nitrogens is 2. The third kappa shape index (κ3) is 4.17. The van der Waals surface area contributed by atoms with E-state index in [0.717, 1.165) is 24.9 Å². The molecule has 1 aromatic carbocycles. The minimum atomic E-state index is -0.225. The number of unbranched alkanes of at least 4 members (excludes halogenated alkanes) is 1. The number of methoxy groups -OCH3 is 1. The average Bonchev–Trinajstić information content (AvgIpc) is 3.10. The van der Waals surface area contributed by atoms with Crippen molar-refractivity contribution in [2.45, 2.75) is 26.3 Å². The van der Waals surface area contributed by atoms with Crippen molar-refractivity contribution in [1.82, 2.24) is 9.78 Å². The Morgan fingerprint density at radius 3 is 3.04 bits per heavy atom. The van der Waals surface area contributed by atoms with E-state index in [1.807, 2.05) is 12.1 Å². The zero-order chi connectivity index (χ0) is 18.4. The van der Waals surface area contributed by atoms with Crippen LogP contribution in [0.4, 0.5) is 5.82 Å². The molecule has 1 N–H and O–H groups in total. The Morgan fingerprint density at radius 1 is 1.38 bits per heavy atom. The van der Waals surface area contributed by atoms with Gasteiger partial charge in [0, 0.05) is 18.7 Å². The monoisotopic (exact) mass is 357 g/mol. The van der Waals surface area contributed by atoms with E-state index < -0.39 is 0 Å². The van der Waals surface area contributed by atoms with Crippen molar-refractivity contribution < 1.29 is 19.0 Å². The van der Waals surface area contributed by atoms with Gasteiger partial charge in [-0.15, -0.1) is 0 Å². The number of carbonyl (C=O) groups is 1. The van der Waals surface area contributed by atoms with Crippen molar-refractivity contribution in [2.75, 3.05) is 25.6 Å². The van der Waals surface area contributed by atoms with E-state index >= 15 is 0 Å². The molecule has 2 heterocycles. The van der Waals surface area contributed by atoms with Crippen molar-refractivity contribution in [3.8, 4) is 17.2 Å². The number of nitrogens with one attached hydrogen (secondary N) is 1. The number of aryl methyl sites for hydroxylation is 1. The standard InChI is InChI=1S/C19H23N3O4/c1-3-4-9-22-17(7-8-20-22)21-18(23)6-5-14-12-15(24-2)19-16(13-14)25-10-11-26-19/h5-8,12-13H,3-4,9-11H2,1-2H3,(H,21,23)/b6-5+. The summed E-state index contributed by atoms with van der Waals surface area (Å²) < 4.78 is 18.3. The van der Waals surface area contributed by atoms with Crippen molar-refractivity contribution in [1.29, 1.82) is 0 Å². The van der Waals surface area contributed by atoms with Crippen LogP contribution in [-0.2, 0) is 11.3 Å². The molecule has 26 heavy (non-hydrogen) atoms. The highest BCUT2D eigenvalue weighted by Crippen LogP contribution is 2.40. The van der Waals surface area contributed by atoms with Gasteiger partial charge in [-0.25, -0.2) is 4.68 Å². The number of nitrogens with zero attached hydrogens (tertiary/aromatic N) is 2. The summed E-state index contributed by atoms with van der Waals surface area (Å²) >= 11 is 0. The highest BCUT2D eigenvalue weighted by molar-refractivity contribution is 6.01. The molecule has 0 bridgehead atoms. The molecule has 3 rings (SSSR count). The van der Waals surface area contributed by atoms with E-state index in [0.29, 0.717) is 36.3 Å². The van der Waals surface area contributed by atoms with Gasteiger partial charge in [-0.05, 0) is 30.2 Å². The second-order valence-electron chi connectivity index (χ2n) is 5.86. The summed E-state index contributed by atoms with van der Waals surface area (Å²) in [5, 5.41) is 7.07. The molecular weight excluding hydrogens is 334 g/mol. The number of anilines is 1. The lowest BCUT2D eigenvalue weighted by Gasteiger charge is -2.20. The van der Waals surface area contributed by atoms with E-state index in [-0.39, 0.29) is 5.91 Å². The third-order valence-electron chi connectivity index (χ3n) is 3.97. The van der Waals surface area contributed by atoms with E-state index in [9.17, 15) is 4.79 Å². The maximum atomic E-state index is 12.2. The van der Waals surface area contributed by atoms with E-state index in [1.165, 1.54) is 6.08 Å². The summed E-state index contributed by atoms with van der Waals surface area (Å²) in [5.41, 5.74) is 0.792. The first-order chi connectivity index (χ1) is 12.7. The molecule has 138 valence electrons. The van der Waals surface area contributed by atoms with Gasteiger partial charge >= 0.3 is 0 Å². The lowest BCUT2D eigenvalue weighted by molar-refractivity contribution is -0.111. The zero-order valence-corrected chi connectivity index (χ0v) is 15.0. The fourth-order valence-electron chi connectivity index (χ4n) is 2.65. The number of ether oxygens (including phenoxy) is 3. The Kier molecular flexibility index (Phi) is 5.78. The summed E-state index contributed by atoms with van der Waals surface area (Å²) in [7, 11) is 1.57. The van der Waals surface area contributed by atoms with Crippen LogP contribution < -0.4 is 19.5 Å². The largest absolute Gasteiger partial charge is 0.493 e. The predicted molar refractivity (Wildman–Crippen MR) is 98.8 cm³/mol. The molecule has 0 spiro atoms. The SMILES string of the molecule is CCCCn1nccc1NC(=O)/C=C/c1cc(OC)c2c(c1)OCCO2. The number of carbonyl (C=O) groups excluding carboxylic acids is 1. The van der Waals surface area contributed by atoms with Gasteiger partial charge in [0.05, 0.1) is 13.3 Å². The molecule has 0 unspecified atom stereocenters. The normalized spacial score (nSPS) is 13.0. The molecule has 1 amide bonds. The summed E-state index contributed by atoms with van der Waals surface area (Å²) in [6, 6.07) is 5.42. The third-order valence-corrected chi connectivity index (χ3v) is 3.97. The molecule has 0 aliphatic carbocycles. The van der Waals surface area contributed by atoms with E-state index in [2.05, 4.69) is 17.3 Å². The second-order valence-corrected chi connectivity index (χ2v) is 5.86. The first-order valence-corrected chi connectivity index (χ1v) is 8.69. The highest BCUT2D eigenvalue weighted by atomic mass is 16.6. The summed E-state index contributed by atoms with van der Waals surface area (Å²) in [5.74, 6) is 2.26. The van der Waals surface area contributed by atoms with Crippen LogP contribution in [0.3, 0.4) is 0 Å². The highest BCUT2D eigenvalue weighted by Gasteiger charge is 2.17. The molecule has 0 atom stereocenters. The summed E-state index contributed by atoms with van der Waals surface area (Å²) in [4.78, 5) is 12.2. The smallest absolute Gasteiger partial charge is 0.249 e. The van der Waals surface area contributed by atoms with Crippen LogP contribution in [0.1, 0.15) is 25.3 Å². The molecule has 0 fully saturated rings. The molecular formula is C19H23N3O4. The Bertz CT molecular complexity index is 781. The second kappa shape index (κ2) is 8.42. The number of rotatable bonds is 7. The molecule has 7 nitrogen and oxygen atoms in total. The van der Waals surface area contributed by atoms with Crippen LogP contribution in [0.25, 0.3) is 6.08 Å².